The molecule has 0 bridgehead atoms. The van der Waals surface area contributed by atoms with Gasteiger partial charge in [0.25, 0.3) is 0 Å². The average Bonchev–Trinajstić information content (AvgIpc) is 3.09. The van der Waals surface area contributed by atoms with Gasteiger partial charge in [-0.05, 0) is 52.5 Å². The smallest absolute Gasteiger partial charge is 0.219 e. The highest BCUT2D eigenvalue weighted by atomic mass is 35.5. The summed E-state index contributed by atoms with van der Waals surface area (Å²) in [5.41, 5.74) is 1.60. The molecule has 0 fully saturated rings. The van der Waals surface area contributed by atoms with Crippen LogP contribution in [0.1, 0.15) is 0 Å². The Morgan fingerprint density at radius 3 is 2.88 bits per heavy atom. The molecule has 0 N–H and O–H groups in total. The highest BCUT2D eigenvalue weighted by Crippen LogP contribution is 2.34. The molecule has 0 unspecified atom stereocenters. The molecule has 0 spiro atoms. The van der Waals surface area contributed by atoms with E-state index in [0.717, 1.165) is 21.5 Å². The van der Waals surface area contributed by atoms with E-state index in [1.54, 1.807) is 18.0 Å². The lowest BCUT2D eigenvalue weighted by atomic mass is 10.2. The SMILES string of the molecule is COc1ccccc1-n1nnnc1Sc1ccnc2cc(Cl)ccc12. The second kappa shape index (κ2) is 6.70. The van der Waals surface area contributed by atoms with Gasteiger partial charge in [-0.1, -0.05) is 29.8 Å². The quantitative estimate of drug-likeness (QED) is 0.541. The Hall–Kier alpha value is -2.64. The van der Waals surface area contributed by atoms with Gasteiger partial charge in [0.15, 0.2) is 0 Å². The van der Waals surface area contributed by atoms with E-state index < -0.39 is 0 Å². The molecule has 0 radical (unpaired) electrons. The fourth-order valence-electron chi connectivity index (χ4n) is 2.48. The number of tetrazole rings is 1. The standard InChI is InChI=1S/C17H12ClN5OS/c1-24-15-5-3-2-4-14(15)23-17(20-21-22-23)25-16-8-9-19-13-10-11(18)6-7-12(13)16/h2-10H,1H3. The van der Waals surface area contributed by atoms with Crippen molar-refractivity contribution in [2.75, 3.05) is 7.11 Å². The summed E-state index contributed by atoms with van der Waals surface area (Å²) in [6.45, 7) is 0. The number of pyridine rings is 1. The normalized spacial score (nSPS) is 11.0. The zero-order chi connectivity index (χ0) is 17.2. The number of rotatable bonds is 4. The van der Waals surface area contributed by atoms with Gasteiger partial charge in [-0.15, -0.1) is 5.10 Å². The average molecular weight is 370 g/mol. The number of methoxy groups -OCH3 is 1. The Kier molecular flexibility index (Phi) is 4.25. The van der Waals surface area contributed by atoms with Gasteiger partial charge in [-0.3, -0.25) is 4.98 Å². The van der Waals surface area contributed by atoms with Crippen molar-refractivity contribution >= 4 is 34.3 Å². The molecule has 0 aliphatic rings. The summed E-state index contributed by atoms with van der Waals surface area (Å²) < 4.78 is 7.07. The van der Waals surface area contributed by atoms with Crippen molar-refractivity contribution in [1.82, 2.24) is 25.2 Å². The van der Waals surface area contributed by atoms with Gasteiger partial charge in [0.1, 0.15) is 11.4 Å². The summed E-state index contributed by atoms with van der Waals surface area (Å²) in [4.78, 5) is 5.36. The summed E-state index contributed by atoms with van der Waals surface area (Å²) in [7, 11) is 1.62. The van der Waals surface area contributed by atoms with Crippen molar-refractivity contribution in [2.24, 2.45) is 0 Å². The largest absolute Gasteiger partial charge is 0.494 e. The highest BCUT2D eigenvalue weighted by molar-refractivity contribution is 7.99. The van der Waals surface area contributed by atoms with Crippen LogP contribution >= 0.6 is 23.4 Å². The molecule has 0 saturated heterocycles. The number of hydrogen-bond donors (Lipinski definition) is 0. The van der Waals surface area contributed by atoms with Gasteiger partial charge < -0.3 is 4.74 Å². The number of halogens is 1. The van der Waals surface area contributed by atoms with Crippen LogP contribution in [-0.4, -0.2) is 32.3 Å². The number of para-hydroxylation sites is 2. The molecule has 2 heterocycles. The van der Waals surface area contributed by atoms with E-state index in [2.05, 4.69) is 20.5 Å². The second-order valence-electron chi connectivity index (χ2n) is 5.12. The molecule has 0 aliphatic heterocycles. The fourth-order valence-corrected chi connectivity index (χ4v) is 3.55. The Bertz CT molecular complexity index is 1050. The van der Waals surface area contributed by atoms with Crippen LogP contribution in [0, 0.1) is 0 Å². The first-order valence-electron chi connectivity index (χ1n) is 7.40. The molecule has 8 heteroatoms. The Morgan fingerprint density at radius 1 is 1.12 bits per heavy atom. The van der Waals surface area contributed by atoms with Crippen LogP contribution in [0.3, 0.4) is 0 Å². The van der Waals surface area contributed by atoms with Gasteiger partial charge in [-0.25, -0.2) is 0 Å². The molecule has 2 aromatic carbocycles. The predicted molar refractivity (Wildman–Crippen MR) is 96.6 cm³/mol. The number of ether oxygens (including phenoxy) is 1. The fraction of sp³-hybridized carbons (Fsp3) is 0.0588. The van der Waals surface area contributed by atoms with Crippen LogP contribution in [0.25, 0.3) is 16.6 Å². The first-order chi connectivity index (χ1) is 12.3. The zero-order valence-electron chi connectivity index (χ0n) is 13.1. The molecule has 124 valence electrons. The van der Waals surface area contributed by atoms with Crippen LogP contribution in [0.15, 0.2) is 64.8 Å². The molecule has 0 aliphatic carbocycles. The van der Waals surface area contributed by atoms with Crippen molar-refractivity contribution in [2.45, 2.75) is 10.1 Å². The third-order valence-electron chi connectivity index (χ3n) is 3.62. The van der Waals surface area contributed by atoms with E-state index in [1.807, 2.05) is 48.5 Å². The summed E-state index contributed by atoms with van der Waals surface area (Å²) in [6, 6.07) is 15.2. The Balaban J connectivity index is 1.78. The maximum Gasteiger partial charge on any atom is 0.219 e. The van der Waals surface area contributed by atoms with E-state index in [1.165, 1.54) is 11.8 Å². The van der Waals surface area contributed by atoms with E-state index >= 15 is 0 Å². The number of fused-ring (bicyclic) bond motifs is 1. The van der Waals surface area contributed by atoms with Gasteiger partial charge in [0.05, 0.1) is 12.6 Å². The topological polar surface area (TPSA) is 65.7 Å². The van der Waals surface area contributed by atoms with E-state index in [0.29, 0.717) is 15.9 Å². The number of benzene rings is 2. The maximum absolute atomic E-state index is 6.06. The first-order valence-corrected chi connectivity index (χ1v) is 8.59. The van der Waals surface area contributed by atoms with Gasteiger partial charge in [-0.2, -0.15) is 4.68 Å². The highest BCUT2D eigenvalue weighted by Gasteiger charge is 2.15. The first kappa shape index (κ1) is 15.9. The molecule has 0 atom stereocenters. The molecule has 25 heavy (non-hydrogen) atoms. The number of hydrogen-bond acceptors (Lipinski definition) is 6. The van der Waals surface area contributed by atoms with Gasteiger partial charge in [0, 0.05) is 21.5 Å². The lowest BCUT2D eigenvalue weighted by Gasteiger charge is -2.09. The third-order valence-corrected chi connectivity index (χ3v) is 4.87. The summed E-state index contributed by atoms with van der Waals surface area (Å²) in [6.07, 6.45) is 1.75. The van der Waals surface area contributed by atoms with Crippen molar-refractivity contribution in [1.29, 1.82) is 0 Å². The minimum absolute atomic E-state index is 0.631. The van der Waals surface area contributed by atoms with E-state index in [-0.39, 0.29) is 0 Å². The minimum atomic E-state index is 0.631. The van der Waals surface area contributed by atoms with Crippen molar-refractivity contribution in [3.63, 3.8) is 0 Å². The lowest BCUT2D eigenvalue weighted by Crippen LogP contribution is -2.01. The molecule has 6 nitrogen and oxygen atoms in total. The van der Waals surface area contributed by atoms with Crippen molar-refractivity contribution in [3.8, 4) is 11.4 Å². The monoisotopic (exact) mass is 369 g/mol. The Morgan fingerprint density at radius 2 is 2.00 bits per heavy atom. The van der Waals surface area contributed by atoms with Crippen molar-refractivity contribution in [3.05, 3.63) is 59.8 Å². The number of aromatic nitrogens is 5. The van der Waals surface area contributed by atoms with Crippen molar-refractivity contribution < 1.29 is 4.74 Å². The van der Waals surface area contributed by atoms with Crippen LogP contribution < -0.4 is 4.74 Å². The van der Waals surface area contributed by atoms with Gasteiger partial charge in [0.2, 0.25) is 5.16 Å². The molecule has 4 rings (SSSR count). The molecule has 4 aromatic rings. The maximum atomic E-state index is 6.06. The zero-order valence-corrected chi connectivity index (χ0v) is 14.7. The number of nitrogens with zero attached hydrogens (tertiary/aromatic N) is 5. The van der Waals surface area contributed by atoms with Crippen LogP contribution in [-0.2, 0) is 0 Å². The Labute approximate surface area is 152 Å². The van der Waals surface area contributed by atoms with E-state index in [9.17, 15) is 0 Å². The van der Waals surface area contributed by atoms with E-state index in [4.69, 9.17) is 16.3 Å². The van der Waals surface area contributed by atoms with Gasteiger partial charge >= 0.3 is 0 Å². The molecule has 2 aromatic heterocycles. The predicted octanol–water partition coefficient (Wildman–Crippen LogP) is 4.02. The second-order valence-corrected chi connectivity index (χ2v) is 6.56. The lowest BCUT2D eigenvalue weighted by molar-refractivity contribution is 0.410. The molecular weight excluding hydrogens is 358 g/mol. The van der Waals surface area contributed by atoms with Crippen LogP contribution in [0.5, 0.6) is 5.75 Å². The van der Waals surface area contributed by atoms with Crippen LogP contribution in [0.2, 0.25) is 5.02 Å². The summed E-state index contributed by atoms with van der Waals surface area (Å²) in [5.74, 6) is 0.697. The third kappa shape index (κ3) is 3.04. The summed E-state index contributed by atoms with van der Waals surface area (Å²) in [5, 5.41) is 14.3. The van der Waals surface area contributed by atoms with Crippen LogP contribution in [0.4, 0.5) is 0 Å². The molecular formula is C17H12ClN5OS. The molecule has 0 saturated carbocycles. The summed E-state index contributed by atoms with van der Waals surface area (Å²) >= 11 is 7.51. The minimum Gasteiger partial charge on any atom is -0.494 e. The molecule has 0 amide bonds.